The molecular formula is C44H58N4O6S. The van der Waals surface area contributed by atoms with E-state index >= 15 is 0 Å². The zero-order chi connectivity index (χ0) is 37.6. The summed E-state index contributed by atoms with van der Waals surface area (Å²) in [5.41, 5.74) is 7.11. The van der Waals surface area contributed by atoms with Crippen molar-refractivity contribution >= 4 is 27.4 Å². The molecule has 1 aromatic carbocycles. The largest absolute Gasteiger partial charge is 0.493 e. The second-order valence-electron chi connectivity index (χ2n) is 19.4. The molecule has 1 N–H and O–H groups in total. The zero-order valence-corrected chi connectivity index (χ0v) is 33.8. The van der Waals surface area contributed by atoms with Gasteiger partial charge in [-0.15, -0.1) is 0 Å². The van der Waals surface area contributed by atoms with Gasteiger partial charge in [0.25, 0.3) is 10.1 Å². The number of anilines is 1. The van der Waals surface area contributed by atoms with Crippen LogP contribution in [0.2, 0.25) is 0 Å². The van der Waals surface area contributed by atoms with Crippen LogP contribution in [0, 0.1) is 40.4 Å². The molecule has 5 aliphatic heterocycles. The number of benzene rings is 1. The van der Waals surface area contributed by atoms with Gasteiger partial charge >= 0.3 is 0 Å². The SMILES string of the molecule is COc1cc2c(cc1OC)[C@@]13CCN4CC5=CCO[C@H]6CC(=NCCN=C7CC[C@H]8[C@@H]9CC=C%10CC(S(=O)(=O)O)CC[C@]%10(C)[C@H]9CC[C@]78C)N2[C@H]1[C@H]6[C@H]5C[C@H]43. The van der Waals surface area contributed by atoms with Crippen molar-refractivity contribution in [3.63, 3.8) is 0 Å². The molecule has 7 fully saturated rings. The Kier molecular flexibility index (Phi) is 7.83. The van der Waals surface area contributed by atoms with Gasteiger partial charge in [-0.25, -0.2) is 0 Å². The van der Waals surface area contributed by atoms with Crippen molar-refractivity contribution in [2.24, 2.45) is 50.4 Å². The Balaban J connectivity index is 0.877. The summed E-state index contributed by atoms with van der Waals surface area (Å²) in [6.45, 7) is 9.16. The summed E-state index contributed by atoms with van der Waals surface area (Å²) in [4.78, 5) is 16.3. The minimum Gasteiger partial charge on any atom is -0.493 e. The molecule has 11 rings (SSSR count). The zero-order valence-electron chi connectivity index (χ0n) is 33.0. The molecule has 0 aromatic heterocycles. The van der Waals surface area contributed by atoms with Gasteiger partial charge in [0.1, 0.15) is 5.84 Å². The van der Waals surface area contributed by atoms with E-state index in [2.05, 4.69) is 47.9 Å². The highest BCUT2D eigenvalue weighted by atomic mass is 32.2. The van der Waals surface area contributed by atoms with Crippen LogP contribution in [0.3, 0.4) is 0 Å². The quantitative estimate of drug-likeness (QED) is 0.195. The number of methoxy groups -OCH3 is 2. The lowest BCUT2D eigenvalue weighted by molar-refractivity contribution is -0.0418. The Labute approximate surface area is 326 Å². The van der Waals surface area contributed by atoms with E-state index in [1.807, 2.05) is 0 Å². The Morgan fingerprint density at radius 2 is 1.75 bits per heavy atom. The first-order valence-electron chi connectivity index (χ1n) is 21.3. The summed E-state index contributed by atoms with van der Waals surface area (Å²) in [7, 11) is -0.510. The average molecular weight is 771 g/mol. The minimum atomic E-state index is -4.01. The molecule has 296 valence electrons. The molecule has 1 aromatic rings. The lowest BCUT2D eigenvalue weighted by Crippen LogP contribution is -2.69. The summed E-state index contributed by atoms with van der Waals surface area (Å²) in [5.74, 6) is 5.52. The Hall–Kier alpha value is -2.73. The van der Waals surface area contributed by atoms with Crippen molar-refractivity contribution in [2.45, 2.75) is 113 Å². The molecular weight excluding hydrogens is 713 g/mol. The molecule has 12 atom stereocenters. The fraction of sp³-hybridized carbons (Fsp3) is 0.727. The predicted molar refractivity (Wildman–Crippen MR) is 213 cm³/mol. The number of ether oxygens (including phenoxy) is 3. The molecule has 1 unspecified atom stereocenters. The second kappa shape index (κ2) is 12.1. The monoisotopic (exact) mass is 770 g/mol. The number of fused-ring (bicyclic) bond motifs is 7. The molecule has 3 saturated heterocycles. The van der Waals surface area contributed by atoms with Gasteiger partial charge in [0.05, 0.1) is 57.0 Å². The third-order valence-corrected chi connectivity index (χ3v) is 19.0. The predicted octanol–water partition coefficient (Wildman–Crippen LogP) is 6.64. The number of amidine groups is 1. The fourth-order valence-corrected chi connectivity index (χ4v) is 16.1. The lowest BCUT2D eigenvalue weighted by atomic mass is 9.48. The van der Waals surface area contributed by atoms with Gasteiger partial charge in [-0.2, -0.15) is 8.42 Å². The maximum absolute atomic E-state index is 12.1. The van der Waals surface area contributed by atoms with Crippen molar-refractivity contribution in [2.75, 3.05) is 51.9 Å². The number of hydrogen-bond acceptors (Lipinski definition) is 8. The van der Waals surface area contributed by atoms with Gasteiger partial charge in [0.2, 0.25) is 0 Å². The molecule has 10 aliphatic rings. The molecule has 0 radical (unpaired) electrons. The fourth-order valence-electron chi connectivity index (χ4n) is 15.3. The summed E-state index contributed by atoms with van der Waals surface area (Å²) < 4.78 is 52.6. The normalized spacial score (nSPS) is 45.0. The van der Waals surface area contributed by atoms with Crippen LogP contribution in [0.1, 0.15) is 90.0 Å². The van der Waals surface area contributed by atoms with Crippen molar-refractivity contribution in [1.29, 1.82) is 0 Å². The third-order valence-electron chi connectivity index (χ3n) is 17.8. The molecule has 1 spiro atoms. The highest BCUT2D eigenvalue weighted by Crippen LogP contribution is 2.67. The standard InChI is InChI=1S/C44H58N4O6S/c1-42-12-9-27(55(49,50)51)19-26(42)5-6-28-30-7-8-37(43(30,2)13-10-31(28)42)45-15-16-46-39-23-36-40-29-20-38-44(14-17-47(38)24-25(29)11-18-54-36)32-21-34(52-3)35(53-4)22-33(32)48(39)41(40)44/h5,11,21-22,27-31,36,38,40-41H,6-10,12-20,23-24H2,1-4H3,(H,49,50,51)/t27?,28-,29-,30-,31-,36-,38-,40-,41-,42-,43-,44+/m0/s1. The van der Waals surface area contributed by atoms with E-state index in [0.717, 1.165) is 75.4 Å². The average Bonchev–Trinajstić information content (AvgIpc) is 3.78. The van der Waals surface area contributed by atoms with E-state index in [4.69, 9.17) is 24.2 Å². The minimum absolute atomic E-state index is 0.0171. The summed E-state index contributed by atoms with van der Waals surface area (Å²) in [6, 6.07) is 5.35. The molecule has 5 aliphatic carbocycles. The number of hydrogen-bond donors (Lipinski definition) is 1. The van der Waals surface area contributed by atoms with Crippen molar-refractivity contribution in [1.82, 2.24) is 4.90 Å². The Morgan fingerprint density at radius 1 is 0.964 bits per heavy atom. The van der Waals surface area contributed by atoms with Crippen LogP contribution in [-0.2, 0) is 20.3 Å². The summed E-state index contributed by atoms with van der Waals surface area (Å²) in [5, 5.41) is -0.645. The van der Waals surface area contributed by atoms with Crippen molar-refractivity contribution in [3.8, 4) is 11.5 Å². The molecule has 2 bridgehead atoms. The van der Waals surface area contributed by atoms with Gasteiger partial charge < -0.3 is 19.1 Å². The summed E-state index contributed by atoms with van der Waals surface area (Å²) in [6.07, 6.45) is 15.6. The van der Waals surface area contributed by atoms with Gasteiger partial charge in [-0.05, 0) is 111 Å². The topological polar surface area (TPSA) is 113 Å². The van der Waals surface area contributed by atoms with Crippen LogP contribution in [0.5, 0.6) is 11.5 Å². The number of piperidine rings is 2. The Morgan fingerprint density at radius 3 is 2.56 bits per heavy atom. The van der Waals surface area contributed by atoms with Crippen LogP contribution >= 0.6 is 0 Å². The first-order chi connectivity index (χ1) is 26.5. The van der Waals surface area contributed by atoms with Gasteiger partial charge in [-0.1, -0.05) is 37.1 Å². The van der Waals surface area contributed by atoms with E-state index in [-0.39, 0.29) is 22.3 Å². The van der Waals surface area contributed by atoms with Crippen LogP contribution < -0.4 is 14.4 Å². The van der Waals surface area contributed by atoms with E-state index in [1.165, 1.54) is 35.4 Å². The highest BCUT2D eigenvalue weighted by molar-refractivity contribution is 7.86. The van der Waals surface area contributed by atoms with Crippen LogP contribution in [0.25, 0.3) is 0 Å². The molecule has 4 saturated carbocycles. The molecule has 11 heteroatoms. The van der Waals surface area contributed by atoms with E-state index in [9.17, 15) is 13.0 Å². The van der Waals surface area contributed by atoms with Crippen LogP contribution in [0.15, 0.2) is 45.4 Å². The molecule has 0 amide bonds. The van der Waals surface area contributed by atoms with E-state index in [0.29, 0.717) is 74.2 Å². The van der Waals surface area contributed by atoms with Crippen molar-refractivity contribution in [3.05, 3.63) is 41.0 Å². The summed E-state index contributed by atoms with van der Waals surface area (Å²) >= 11 is 0. The maximum atomic E-state index is 12.1. The first kappa shape index (κ1) is 35.4. The number of nitrogens with zero attached hydrogens (tertiary/aromatic N) is 4. The maximum Gasteiger partial charge on any atom is 0.268 e. The molecule has 5 heterocycles. The van der Waals surface area contributed by atoms with E-state index < -0.39 is 15.4 Å². The Bertz CT molecular complexity index is 2060. The number of allylic oxidation sites excluding steroid dienone is 2. The first-order valence-corrected chi connectivity index (χ1v) is 22.8. The highest BCUT2D eigenvalue weighted by Gasteiger charge is 2.71. The number of aliphatic imine (C=N–C) groups is 2. The molecule has 10 nitrogen and oxygen atoms in total. The number of rotatable bonds is 6. The van der Waals surface area contributed by atoms with Crippen LogP contribution in [0.4, 0.5) is 5.69 Å². The molecule has 55 heavy (non-hydrogen) atoms. The second-order valence-corrected chi connectivity index (χ2v) is 21.0. The van der Waals surface area contributed by atoms with Gasteiger partial charge in [-0.3, -0.25) is 19.4 Å². The van der Waals surface area contributed by atoms with Crippen LogP contribution in [-0.4, -0.2) is 99.9 Å². The van der Waals surface area contributed by atoms with Gasteiger partial charge in [0.15, 0.2) is 11.5 Å². The van der Waals surface area contributed by atoms with Gasteiger partial charge in [0, 0.05) is 47.5 Å². The lowest BCUT2D eigenvalue weighted by Gasteiger charge is -2.59. The van der Waals surface area contributed by atoms with Crippen molar-refractivity contribution < 1.29 is 27.2 Å². The van der Waals surface area contributed by atoms with E-state index in [1.54, 1.807) is 19.8 Å². The smallest absolute Gasteiger partial charge is 0.268 e. The third kappa shape index (κ3) is 4.73.